The summed E-state index contributed by atoms with van der Waals surface area (Å²) >= 11 is 0. The molecule has 28 heavy (non-hydrogen) atoms. The molecule has 0 saturated carbocycles. The van der Waals surface area contributed by atoms with Crippen LogP contribution in [0.5, 0.6) is 0 Å². The quantitative estimate of drug-likeness (QED) is 0.558. The van der Waals surface area contributed by atoms with Crippen LogP contribution in [-0.4, -0.2) is 32.9 Å². The van der Waals surface area contributed by atoms with Gasteiger partial charge in [-0.3, -0.25) is 0 Å². The molecule has 1 aliphatic rings. The van der Waals surface area contributed by atoms with Crippen LogP contribution in [0.3, 0.4) is 0 Å². The molecule has 0 radical (unpaired) electrons. The van der Waals surface area contributed by atoms with Gasteiger partial charge < -0.3 is 14.3 Å². The van der Waals surface area contributed by atoms with Crippen LogP contribution in [0.1, 0.15) is 31.9 Å². The fourth-order valence-electron chi connectivity index (χ4n) is 4.11. The number of pyridine rings is 1. The Morgan fingerprint density at radius 2 is 2.00 bits per heavy atom. The Kier molecular flexibility index (Phi) is 3.73. The molecule has 0 amide bonds. The monoisotopic (exact) mass is 373 g/mol. The van der Waals surface area contributed by atoms with Crippen molar-refractivity contribution < 1.29 is 9.31 Å². The topological polar surface area (TPSA) is 51.5 Å². The minimum atomic E-state index is -0.473. The first-order chi connectivity index (χ1) is 13.4. The summed E-state index contributed by atoms with van der Waals surface area (Å²) in [7, 11) is -0.438. The molecule has 1 saturated heterocycles. The maximum absolute atomic E-state index is 6.58. The van der Waals surface area contributed by atoms with E-state index in [2.05, 4.69) is 62.2 Å². The molecule has 4 aromatic rings. The lowest BCUT2D eigenvalue weighted by Gasteiger charge is -2.36. The van der Waals surface area contributed by atoms with Gasteiger partial charge in [-0.05, 0) is 57.5 Å². The smallest absolute Gasteiger partial charge is 0.399 e. The van der Waals surface area contributed by atoms with E-state index in [0.717, 1.165) is 22.9 Å². The van der Waals surface area contributed by atoms with Crippen LogP contribution in [0.2, 0.25) is 0 Å². The van der Waals surface area contributed by atoms with Crippen molar-refractivity contribution in [2.45, 2.75) is 45.3 Å². The first-order valence-electron chi connectivity index (χ1n) is 9.71. The summed E-state index contributed by atoms with van der Waals surface area (Å²) in [6.07, 6.45) is 6.64. The highest BCUT2D eigenvalue weighted by atomic mass is 16.7. The number of hydrogen-bond acceptors (Lipinski definition) is 3. The van der Waals surface area contributed by atoms with Gasteiger partial charge in [0, 0.05) is 41.4 Å². The molecule has 1 atom stereocenters. The molecule has 0 spiro atoms. The van der Waals surface area contributed by atoms with Crippen LogP contribution in [0.25, 0.3) is 16.4 Å². The van der Waals surface area contributed by atoms with E-state index in [0.29, 0.717) is 0 Å². The van der Waals surface area contributed by atoms with Gasteiger partial charge in [0.1, 0.15) is 0 Å². The molecule has 6 heteroatoms. The average Bonchev–Trinajstić information content (AvgIpc) is 3.30. The SMILES string of the molecule is Cc1ccc2[nH]cc(CC3(C)OB(c4cnn5ccccc45)OC3(C)C)c2c1. The molecular weight excluding hydrogens is 349 g/mol. The predicted octanol–water partition coefficient (Wildman–Crippen LogP) is 3.65. The van der Waals surface area contributed by atoms with Gasteiger partial charge in [-0.15, -0.1) is 0 Å². The van der Waals surface area contributed by atoms with Gasteiger partial charge in [-0.25, -0.2) is 4.52 Å². The van der Waals surface area contributed by atoms with Gasteiger partial charge in [-0.1, -0.05) is 17.7 Å². The number of nitrogens with zero attached hydrogens (tertiary/aromatic N) is 2. The van der Waals surface area contributed by atoms with Gasteiger partial charge in [0.2, 0.25) is 0 Å². The van der Waals surface area contributed by atoms with Crippen molar-refractivity contribution in [2.75, 3.05) is 0 Å². The number of fused-ring (bicyclic) bond motifs is 2. The normalized spacial score (nSPS) is 21.8. The van der Waals surface area contributed by atoms with E-state index in [1.54, 1.807) is 0 Å². The summed E-state index contributed by atoms with van der Waals surface area (Å²) < 4.78 is 14.8. The van der Waals surface area contributed by atoms with E-state index in [-0.39, 0.29) is 0 Å². The first-order valence-corrected chi connectivity index (χ1v) is 9.71. The summed E-state index contributed by atoms with van der Waals surface area (Å²) in [5.41, 5.74) is 4.71. The van der Waals surface area contributed by atoms with Crippen molar-refractivity contribution in [3.05, 3.63) is 66.1 Å². The summed E-state index contributed by atoms with van der Waals surface area (Å²) in [6.45, 7) is 8.49. The van der Waals surface area contributed by atoms with E-state index in [1.165, 1.54) is 16.5 Å². The van der Waals surface area contributed by atoms with Gasteiger partial charge in [-0.2, -0.15) is 5.10 Å². The number of aromatic nitrogens is 3. The zero-order chi connectivity index (χ0) is 19.5. The van der Waals surface area contributed by atoms with E-state index >= 15 is 0 Å². The average molecular weight is 373 g/mol. The lowest BCUT2D eigenvalue weighted by molar-refractivity contribution is -0.00854. The molecule has 5 rings (SSSR count). The summed E-state index contributed by atoms with van der Waals surface area (Å²) in [4.78, 5) is 3.39. The third-order valence-corrected chi connectivity index (χ3v) is 6.20. The second-order valence-corrected chi connectivity index (χ2v) is 8.48. The predicted molar refractivity (Wildman–Crippen MR) is 112 cm³/mol. The Labute approximate surface area is 164 Å². The Hall–Kier alpha value is -2.57. The van der Waals surface area contributed by atoms with Gasteiger partial charge in [0.05, 0.1) is 16.7 Å². The van der Waals surface area contributed by atoms with Crippen LogP contribution < -0.4 is 5.46 Å². The van der Waals surface area contributed by atoms with Crippen molar-refractivity contribution in [1.29, 1.82) is 0 Å². The zero-order valence-corrected chi connectivity index (χ0v) is 16.7. The third-order valence-electron chi connectivity index (χ3n) is 6.20. The van der Waals surface area contributed by atoms with Crippen molar-refractivity contribution in [1.82, 2.24) is 14.6 Å². The van der Waals surface area contributed by atoms with E-state index < -0.39 is 18.3 Å². The van der Waals surface area contributed by atoms with Crippen molar-refractivity contribution in [2.24, 2.45) is 0 Å². The highest BCUT2D eigenvalue weighted by Crippen LogP contribution is 2.41. The van der Waals surface area contributed by atoms with E-state index in [1.807, 2.05) is 35.1 Å². The van der Waals surface area contributed by atoms with Gasteiger partial charge >= 0.3 is 7.12 Å². The largest absolute Gasteiger partial charge is 0.498 e. The zero-order valence-electron chi connectivity index (χ0n) is 16.7. The first kappa shape index (κ1) is 17.5. The Balaban J connectivity index is 1.51. The molecule has 1 aromatic carbocycles. The summed E-state index contributed by atoms with van der Waals surface area (Å²) in [5.74, 6) is 0. The molecular formula is C22H24BN3O2. The molecule has 1 aliphatic heterocycles. The number of nitrogens with one attached hydrogen (secondary N) is 1. The molecule has 1 N–H and O–H groups in total. The summed E-state index contributed by atoms with van der Waals surface area (Å²) in [6, 6.07) is 12.5. The van der Waals surface area contributed by atoms with Crippen LogP contribution >= 0.6 is 0 Å². The number of H-pyrrole nitrogens is 1. The minimum absolute atomic E-state index is 0.438. The Morgan fingerprint density at radius 1 is 1.14 bits per heavy atom. The molecule has 0 bridgehead atoms. The Bertz CT molecular complexity index is 1180. The van der Waals surface area contributed by atoms with Crippen molar-refractivity contribution in [3.63, 3.8) is 0 Å². The van der Waals surface area contributed by atoms with Crippen LogP contribution in [-0.2, 0) is 15.7 Å². The number of benzene rings is 1. The van der Waals surface area contributed by atoms with Crippen LogP contribution in [0, 0.1) is 6.92 Å². The van der Waals surface area contributed by atoms with Crippen molar-refractivity contribution >= 4 is 29.0 Å². The lowest BCUT2D eigenvalue weighted by atomic mass is 9.80. The Morgan fingerprint density at radius 3 is 2.86 bits per heavy atom. The number of aryl methyl sites for hydroxylation is 1. The molecule has 1 fully saturated rings. The van der Waals surface area contributed by atoms with Gasteiger partial charge in [0.25, 0.3) is 0 Å². The lowest BCUT2D eigenvalue weighted by Crippen LogP contribution is -2.46. The number of hydrogen-bond donors (Lipinski definition) is 1. The highest BCUT2D eigenvalue weighted by molar-refractivity contribution is 6.64. The van der Waals surface area contributed by atoms with Crippen LogP contribution in [0.4, 0.5) is 0 Å². The number of aromatic amines is 1. The fraction of sp³-hybridized carbons (Fsp3) is 0.318. The van der Waals surface area contributed by atoms with E-state index in [4.69, 9.17) is 9.31 Å². The molecule has 4 heterocycles. The molecule has 0 aliphatic carbocycles. The maximum atomic E-state index is 6.58. The second kappa shape index (κ2) is 5.96. The molecule has 142 valence electrons. The second-order valence-electron chi connectivity index (χ2n) is 8.48. The standard InChI is InChI=1S/C22H24BN3O2/c1-15-8-9-19-17(11-15)16(13-24-19)12-22(4)21(2,3)27-23(28-22)18-14-25-26-10-6-5-7-20(18)26/h5-11,13-14,24H,12H2,1-4H3. The van der Waals surface area contributed by atoms with Gasteiger partial charge in [0.15, 0.2) is 0 Å². The molecule has 1 unspecified atom stereocenters. The fourth-order valence-corrected chi connectivity index (χ4v) is 4.11. The van der Waals surface area contributed by atoms with Crippen molar-refractivity contribution in [3.8, 4) is 0 Å². The maximum Gasteiger partial charge on any atom is 0.498 e. The minimum Gasteiger partial charge on any atom is -0.399 e. The summed E-state index contributed by atoms with van der Waals surface area (Å²) in [5, 5.41) is 5.69. The van der Waals surface area contributed by atoms with E-state index in [9.17, 15) is 0 Å². The molecule has 3 aromatic heterocycles. The number of rotatable bonds is 3. The third kappa shape index (κ3) is 2.59. The molecule has 5 nitrogen and oxygen atoms in total. The highest BCUT2D eigenvalue weighted by Gasteiger charge is 2.55. The van der Waals surface area contributed by atoms with Crippen LogP contribution in [0.15, 0.2) is 55.0 Å².